The van der Waals surface area contributed by atoms with Gasteiger partial charge in [0.2, 0.25) is 5.89 Å². The molecule has 0 unspecified atom stereocenters. The minimum Gasteiger partial charge on any atom is -0.435 e. The van der Waals surface area contributed by atoms with E-state index in [0.717, 1.165) is 16.8 Å². The summed E-state index contributed by atoms with van der Waals surface area (Å²) in [6.07, 6.45) is 8.85. The highest BCUT2D eigenvalue weighted by atomic mass is 35.5. The molecule has 0 aliphatic heterocycles. The van der Waals surface area contributed by atoms with Crippen molar-refractivity contribution in [2.24, 2.45) is 0 Å². The third-order valence-electron chi connectivity index (χ3n) is 3.83. The fraction of sp³-hybridized carbons (Fsp3) is 0. The molecular formula is C20H13Cl2N3O. The molecular weight excluding hydrogens is 369 g/mol. The summed E-state index contributed by atoms with van der Waals surface area (Å²) in [6, 6.07) is 15.3. The predicted molar refractivity (Wildman–Crippen MR) is 104 cm³/mol. The van der Waals surface area contributed by atoms with E-state index < -0.39 is 0 Å². The zero-order chi connectivity index (χ0) is 17.9. The number of aromatic nitrogens is 3. The molecule has 2 aromatic carbocycles. The van der Waals surface area contributed by atoms with Gasteiger partial charge in [0, 0.05) is 28.7 Å². The molecule has 0 fully saturated rings. The number of imidazole rings is 1. The van der Waals surface area contributed by atoms with Crippen LogP contribution in [0.3, 0.4) is 0 Å². The Morgan fingerprint density at radius 1 is 1.04 bits per heavy atom. The van der Waals surface area contributed by atoms with E-state index in [1.807, 2.05) is 53.2 Å². The van der Waals surface area contributed by atoms with Crippen molar-refractivity contribution in [3.8, 4) is 17.0 Å². The third-order valence-corrected chi connectivity index (χ3v) is 4.35. The summed E-state index contributed by atoms with van der Waals surface area (Å²) in [5, 5.41) is 1.10. The summed E-state index contributed by atoms with van der Waals surface area (Å²) >= 11 is 12.3. The van der Waals surface area contributed by atoms with Crippen molar-refractivity contribution in [1.82, 2.24) is 14.5 Å². The highest BCUT2D eigenvalue weighted by Gasteiger charge is 2.09. The molecule has 26 heavy (non-hydrogen) atoms. The van der Waals surface area contributed by atoms with Gasteiger partial charge in [-0.2, -0.15) is 0 Å². The second-order valence-corrected chi connectivity index (χ2v) is 6.43. The molecule has 0 bridgehead atoms. The summed E-state index contributed by atoms with van der Waals surface area (Å²) in [5.74, 6) is 1.01. The van der Waals surface area contributed by atoms with Crippen molar-refractivity contribution < 1.29 is 4.42 Å². The fourth-order valence-corrected chi connectivity index (χ4v) is 2.83. The molecule has 0 aliphatic carbocycles. The second kappa shape index (κ2) is 7.20. The first-order chi connectivity index (χ1) is 12.7. The molecule has 0 amide bonds. The molecule has 0 spiro atoms. The highest BCUT2D eigenvalue weighted by molar-refractivity contribution is 6.50. The standard InChI is InChI=1S/C20H13Cl2N3O/c21-16-5-3-15(4-6-16)19-12-24-20(26-19)18(22)11-14-1-7-17(8-2-14)25-10-9-23-13-25/h1-13H/b18-11-. The topological polar surface area (TPSA) is 43.9 Å². The average molecular weight is 382 g/mol. The Hall–Kier alpha value is -2.82. The van der Waals surface area contributed by atoms with E-state index in [1.165, 1.54) is 0 Å². The average Bonchev–Trinajstić information content (AvgIpc) is 3.35. The van der Waals surface area contributed by atoms with Crippen LogP contribution in [-0.4, -0.2) is 14.5 Å². The molecule has 4 rings (SSSR count). The van der Waals surface area contributed by atoms with Crippen molar-refractivity contribution >= 4 is 34.3 Å². The first kappa shape index (κ1) is 16.6. The molecule has 0 N–H and O–H groups in total. The molecule has 6 heteroatoms. The molecule has 2 heterocycles. The van der Waals surface area contributed by atoms with Crippen LogP contribution < -0.4 is 0 Å². The smallest absolute Gasteiger partial charge is 0.238 e. The maximum absolute atomic E-state index is 6.37. The SMILES string of the molecule is Cl/C(=C\c1ccc(-n2ccnc2)cc1)c1ncc(-c2ccc(Cl)cc2)o1. The summed E-state index contributed by atoms with van der Waals surface area (Å²) in [4.78, 5) is 8.30. The lowest BCUT2D eigenvalue weighted by Crippen LogP contribution is -1.89. The van der Waals surface area contributed by atoms with Crippen LogP contribution in [0.4, 0.5) is 0 Å². The lowest BCUT2D eigenvalue weighted by molar-refractivity contribution is 0.559. The van der Waals surface area contributed by atoms with Crippen LogP contribution >= 0.6 is 23.2 Å². The first-order valence-electron chi connectivity index (χ1n) is 7.87. The molecule has 0 saturated heterocycles. The van der Waals surface area contributed by atoms with Gasteiger partial charge in [0.05, 0.1) is 12.5 Å². The van der Waals surface area contributed by atoms with Crippen molar-refractivity contribution in [2.45, 2.75) is 0 Å². The molecule has 0 aliphatic rings. The van der Waals surface area contributed by atoms with Gasteiger partial charge in [0.25, 0.3) is 0 Å². The van der Waals surface area contributed by atoms with Gasteiger partial charge in [-0.1, -0.05) is 35.3 Å². The quantitative estimate of drug-likeness (QED) is 0.440. The number of rotatable bonds is 4. The fourth-order valence-electron chi connectivity index (χ4n) is 2.49. The second-order valence-electron chi connectivity index (χ2n) is 5.59. The van der Waals surface area contributed by atoms with Gasteiger partial charge in [-0.25, -0.2) is 9.97 Å². The number of benzene rings is 2. The minimum atomic E-state index is 0.371. The molecule has 0 saturated carbocycles. The molecule has 4 nitrogen and oxygen atoms in total. The molecule has 0 atom stereocenters. The Morgan fingerprint density at radius 2 is 1.81 bits per heavy atom. The number of hydrogen-bond acceptors (Lipinski definition) is 3. The van der Waals surface area contributed by atoms with Crippen LogP contribution in [0, 0.1) is 0 Å². The summed E-state index contributed by atoms with van der Waals surface area (Å²) in [7, 11) is 0. The molecule has 128 valence electrons. The maximum atomic E-state index is 6.37. The van der Waals surface area contributed by atoms with E-state index in [9.17, 15) is 0 Å². The number of halogens is 2. The van der Waals surface area contributed by atoms with Crippen molar-refractivity contribution in [2.75, 3.05) is 0 Å². The Bertz CT molecular complexity index is 1030. The zero-order valence-corrected chi connectivity index (χ0v) is 15.0. The molecule has 0 radical (unpaired) electrons. The van der Waals surface area contributed by atoms with Gasteiger partial charge >= 0.3 is 0 Å². The van der Waals surface area contributed by atoms with Crippen LogP contribution in [0.25, 0.3) is 28.1 Å². The van der Waals surface area contributed by atoms with Gasteiger partial charge in [0.1, 0.15) is 5.03 Å². The van der Waals surface area contributed by atoms with E-state index in [-0.39, 0.29) is 0 Å². The van der Waals surface area contributed by atoms with E-state index in [0.29, 0.717) is 21.7 Å². The van der Waals surface area contributed by atoms with Gasteiger partial charge in [-0.15, -0.1) is 0 Å². The van der Waals surface area contributed by atoms with Crippen LogP contribution in [0.2, 0.25) is 5.02 Å². The van der Waals surface area contributed by atoms with E-state index in [1.54, 1.807) is 30.9 Å². The van der Waals surface area contributed by atoms with Gasteiger partial charge in [0.15, 0.2) is 5.76 Å². The molecule has 4 aromatic rings. The van der Waals surface area contributed by atoms with E-state index in [4.69, 9.17) is 27.6 Å². The van der Waals surface area contributed by atoms with E-state index >= 15 is 0 Å². The predicted octanol–water partition coefficient (Wildman–Crippen LogP) is 5.92. The van der Waals surface area contributed by atoms with Crippen LogP contribution in [0.1, 0.15) is 11.5 Å². The normalized spacial score (nSPS) is 11.7. The summed E-state index contributed by atoms with van der Waals surface area (Å²) < 4.78 is 7.69. The first-order valence-corrected chi connectivity index (χ1v) is 8.62. The minimum absolute atomic E-state index is 0.371. The summed E-state index contributed by atoms with van der Waals surface area (Å²) in [5.41, 5.74) is 2.87. The Morgan fingerprint density at radius 3 is 2.50 bits per heavy atom. The lowest BCUT2D eigenvalue weighted by atomic mass is 10.2. The molecule has 2 aromatic heterocycles. The van der Waals surface area contributed by atoms with Crippen molar-refractivity contribution in [3.05, 3.63) is 89.9 Å². The van der Waals surface area contributed by atoms with Crippen LogP contribution in [0.15, 0.2) is 77.9 Å². The maximum Gasteiger partial charge on any atom is 0.238 e. The highest BCUT2D eigenvalue weighted by Crippen LogP contribution is 2.28. The monoisotopic (exact) mass is 381 g/mol. The van der Waals surface area contributed by atoms with Gasteiger partial charge < -0.3 is 8.98 Å². The number of nitrogens with zero attached hydrogens (tertiary/aromatic N) is 3. The lowest BCUT2D eigenvalue weighted by Gasteiger charge is -2.02. The van der Waals surface area contributed by atoms with Gasteiger partial charge in [-0.05, 0) is 48.0 Å². The zero-order valence-electron chi connectivity index (χ0n) is 13.5. The number of oxazole rings is 1. The van der Waals surface area contributed by atoms with Gasteiger partial charge in [-0.3, -0.25) is 0 Å². The van der Waals surface area contributed by atoms with E-state index in [2.05, 4.69) is 9.97 Å². The van der Waals surface area contributed by atoms with Crippen LogP contribution in [-0.2, 0) is 0 Å². The Kier molecular flexibility index (Phi) is 4.61. The van der Waals surface area contributed by atoms with Crippen molar-refractivity contribution in [3.63, 3.8) is 0 Å². The van der Waals surface area contributed by atoms with Crippen LogP contribution in [0.5, 0.6) is 0 Å². The Balaban J connectivity index is 1.55. The largest absolute Gasteiger partial charge is 0.435 e. The summed E-state index contributed by atoms with van der Waals surface area (Å²) in [6.45, 7) is 0. The third kappa shape index (κ3) is 3.57. The Labute approximate surface area is 160 Å². The number of hydrogen-bond donors (Lipinski definition) is 0. The van der Waals surface area contributed by atoms with Crippen molar-refractivity contribution in [1.29, 1.82) is 0 Å².